The van der Waals surface area contributed by atoms with Crippen molar-refractivity contribution in [1.29, 1.82) is 0 Å². The summed E-state index contributed by atoms with van der Waals surface area (Å²) in [6, 6.07) is 13.5. The van der Waals surface area contributed by atoms with Gasteiger partial charge in [-0.15, -0.1) is 13.2 Å². The van der Waals surface area contributed by atoms with Crippen LogP contribution in [-0.2, 0) is 0 Å². The zero-order valence-electron chi connectivity index (χ0n) is 17.8. The Balaban J connectivity index is 2.01. The molecule has 5 nitrogen and oxygen atoms in total. The van der Waals surface area contributed by atoms with Gasteiger partial charge in [-0.2, -0.15) is 4.98 Å². The first-order valence-electron chi connectivity index (χ1n) is 9.99. The molecule has 0 saturated carbocycles. The van der Waals surface area contributed by atoms with Crippen LogP contribution in [0.4, 0.5) is 30.6 Å². The second kappa shape index (κ2) is 9.24. The third-order valence-electron chi connectivity index (χ3n) is 4.94. The number of rotatable bonds is 7. The molecule has 0 unspecified atom stereocenters. The van der Waals surface area contributed by atoms with Gasteiger partial charge in [-0.25, -0.2) is 4.98 Å². The Morgan fingerprint density at radius 3 is 2.48 bits per heavy atom. The zero-order valence-corrected chi connectivity index (χ0v) is 17.8. The second-order valence-corrected chi connectivity index (χ2v) is 7.36. The van der Waals surface area contributed by atoms with Gasteiger partial charge >= 0.3 is 6.36 Å². The highest BCUT2D eigenvalue weighted by Gasteiger charge is 2.31. The summed E-state index contributed by atoms with van der Waals surface area (Å²) in [5, 5.41) is 6.54. The summed E-state index contributed by atoms with van der Waals surface area (Å²) in [6.07, 6.45) is -3.90. The van der Waals surface area contributed by atoms with E-state index in [0.717, 1.165) is 23.2 Å². The highest BCUT2D eigenvalue weighted by atomic mass is 19.4. The molecule has 0 radical (unpaired) electrons. The lowest BCUT2D eigenvalue weighted by Gasteiger charge is -2.16. The van der Waals surface area contributed by atoms with Crippen molar-refractivity contribution in [3.63, 3.8) is 0 Å². The Kier molecular flexibility index (Phi) is 6.68. The molecule has 164 valence electrons. The fourth-order valence-electron chi connectivity index (χ4n) is 2.92. The van der Waals surface area contributed by atoms with Crippen molar-refractivity contribution < 1.29 is 17.9 Å². The van der Waals surface area contributed by atoms with E-state index >= 15 is 0 Å². The molecule has 0 aliphatic carbocycles. The smallest absolute Gasteiger partial charge is 0.406 e. The van der Waals surface area contributed by atoms with Gasteiger partial charge in [0.25, 0.3) is 0 Å². The standard InChI is InChI=1S/C23H25F3N4O/c1-5-15(3)27-22-29-20(17-9-7-10-18(12-17)31-23(24,25)26)13-21(30-22)28-19-11-6-8-14(2)16(19)4/h6-13,15H,5H2,1-4H3,(H2,27,28,29,30)/t15-/m0/s1. The number of hydrogen-bond donors (Lipinski definition) is 2. The summed E-state index contributed by atoms with van der Waals surface area (Å²) in [5.74, 6) is 0.623. The third-order valence-corrected chi connectivity index (χ3v) is 4.94. The molecule has 0 bridgehead atoms. The molecule has 0 fully saturated rings. The van der Waals surface area contributed by atoms with Crippen LogP contribution in [0.25, 0.3) is 11.3 Å². The summed E-state index contributed by atoms with van der Waals surface area (Å²) in [5.41, 5.74) is 4.07. The molecule has 1 aromatic heterocycles. The zero-order chi connectivity index (χ0) is 22.6. The largest absolute Gasteiger partial charge is 0.573 e. The van der Waals surface area contributed by atoms with Crippen LogP contribution in [-0.4, -0.2) is 22.4 Å². The molecule has 0 aliphatic rings. The van der Waals surface area contributed by atoms with Crippen LogP contribution in [0.5, 0.6) is 5.75 Å². The van der Waals surface area contributed by atoms with Crippen molar-refractivity contribution >= 4 is 17.5 Å². The Morgan fingerprint density at radius 2 is 1.77 bits per heavy atom. The summed E-state index contributed by atoms with van der Waals surface area (Å²) in [6.45, 7) is 8.07. The maximum absolute atomic E-state index is 12.6. The summed E-state index contributed by atoms with van der Waals surface area (Å²) >= 11 is 0. The van der Waals surface area contributed by atoms with Gasteiger partial charge in [0.1, 0.15) is 11.6 Å². The first-order valence-corrected chi connectivity index (χ1v) is 9.99. The van der Waals surface area contributed by atoms with Gasteiger partial charge in [0.05, 0.1) is 5.69 Å². The van der Waals surface area contributed by atoms with E-state index in [2.05, 4.69) is 25.3 Å². The van der Waals surface area contributed by atoms with E-state index in [4.69, 9.17) is 0 Å². The number of ether oxygens (including phenoxy) is 1. The topological polar surface area (TPSA) is 59.1 Å². The van der Waals surface area contributed by atoms with Crippen LogP contribution < -0.4 is 15.4 Å². The molecule has 2 aromatic carbocycles. The van der Waals surface area contributed by atoms with Gasteiger partial charge in [-0.1, -0.05) is 31.2 Å². The predicted octanol–water partition coefficient (Wildman–Crippen LogP) is 6.61. The molecule has 3 rings (SSSR count). The number of benzene rings is 2. The first-order chi connectivity index (χ1) is 14.6. The Morgan fingerprint density at radius 1 is 1.03 bits per heavy atom. The predicted molar refractivity (Wildman–Crippen MR) is 117 cm³/mol. The average Bonchev–Trinajstić information content (AvgIpc) is 2.70. The molecule has 0 spiro atoms. The van der Waals surface area contributed by atoms with Crippen LogP contribution in [0.15, 0.2) is 48.5 Å². The van der Waals surface area contributed by atoms with E-state index in [-0.39, 0.29) is 11.8 Å². The Bertz CT molecular complexity index is 1050. The van der Waals surface area contributed by atoms with E-state index in [1.807, 2.05) is 45.9 Å². The van der Waals surface area contributed by atoms with Gasteiger partial charge < -0.3 is 15.4 Å². The molecule has 0 amide bonds. The third kappa shape index (κ3) is 6.10. The van der Waals surface area contributed by atoms with Gasteiger partial charge in [0.15, 0.2) is 0 Å². The van der Waals surface area contributed by atoms with E-state index < -0.39 is 6.36 Å². The number of alkyl halides is 3. The molecule has 0 saturated heterocycles. The maximum Gasteiger partial charge on any atom is 0.573 e. The average molecular weight is 430 g/mol. The van der Waals surface area contributed by atoms with E-state index in [1.54, 1.807) is 12.1 Å². The quantitative estimate of drug-likeness (QED) is 0.441. The van der Waals surface area contributed by atoms with Crippen LogP contribution in [0, 0.1) is 13.8 Å². The van der Waals surface area contributed by atoms with E-state index in [1.165, 1.54) is 18.2 Å². The molecule has 8 heteroatoms. The molecule has 1 heterocycles. The van der Waals surface area contributed by atoms with Crippen LogP contribution in [0.2, 0.25) is 0 Å². The Hall–Kier alpha value is -3.29. The monoisotopic (exact) mass is 430 g/mol. The molecule has 1 atom stereocenters. The molecular formula is C23H25F3N4O. The van der Waals surface area contributed by atoms with Crippen molar-refractivity contribution in [3.8, 4) is 17.0 Å². The van der Waals surface area contributed by atoms with Crippen molar-refractivity contribution in [2.45, 2.75) is 46.5 Å². The summed E-state index contributed by atoms with van der Waals surface area (Å²) in [7, 11) is 0. The minimum Gasteiger partial charge on any atom is -0.406 e. The van der Waals surface area contributed by atoms with Crippen molar-refractivity contribution in [2.75, 3.05) is 10.6 Å². The molecular weight excluding hydrogens is 405 g/mol. The first kappa shape index (κ1) is 22.4. The SMILES string of the molecule is CC[C@H](C)Nc1nc(Nc2cccc(C)c2C)cc(-c2cccc(OC(F)(F)F)c2)n1. The number of nitrogens with zero attached hydrogens (tertiary/aromatic N) is 2. The second-order valence-electron chi connectivity index (χ2n) is 7.36. The number of aromatic nitrogens is 2. The lowest BCUT2D eigenvalue weighted by atomic mass is 10.1. The molecule has 3 aromatic rings. The fourth-order valence-corrected chi connectivity index (χ4v) is 2.92. The lowest BCUT2D eigenvalue weighted by molar-refractivity contribution is -0.274. The summed E-state index contributed by atoms with van der Waals surface area (Å²) in [4.78, 5) is 9.06. The minimum absolute atomic E-state index is 0.128. The number of aryl methyl sites for hydroxylation is 1. The number of anilines is 3. The van der Waals surface area contributed by atoms with E-state index in [9.17, 15) is 13.2 Å². The fraction of sp³-hybridized carbons (Fsp3) is 0.304. The number of hydrogen-bond acceptors (Lipinski definition) is 5. The van der Waals surface area contributed by atoms with Crippen molar-refractivity contribution in [3.05, 3.63) is 59.7 Å². The maximum atomic E-state index is 12.6. The Labute approximate surface area is 179 Å². The highest BCUT2D eigenvalue weighted by molar-refractivity contribution is 5.69. The van der Waals surface area contributed by atoms with E-state index in [0.29, 0.717) is 23.0 Å². The summed E-state index contributed by atoms with van der Waals surface area (Å²) < 4.78 is 41.9. The molecule has 0 aliphatic heterocycles. The number of nitrogens with one attached hydrogen (secondary N) is 2. The van der Waals surface area contributed by atoms with Crippen LogP contribution in [0.3, 0.4) is 0 Å². The molecule has 2 N–H and O–H groups in total. The van der Waals surface area contributed by atoms with Crippen molar-refractivity contribution in [2.24, 2.45) is 0 Å². The van der Waals surface area contributed by atoms with Gasteiger partial charge in [-0.3, -0.25) is 0 Å². The van der Waals surface area contributed by atoms with Crippen LogP contribution in [0.1, 0.15) is 31.4 Å². The van der Waals surface area contributed by atoms with Gasteiger partial charge in [0, 0.05) is 23.4 Å². The van der Waals surface area contributed by atoms with Crippen molar-refractivity contribution in [1.82, 2.24) is 9.97 Å². The normalized spacial score (nSPS) is 12.4. The lowest BCUT2D eigenvalue weighted by Crippen LogP contribution is -2.17. The van der Waals surface area contributed by atoms with Gasteiger partial charge in [0.2, 0.25) is 5.95 Å². The number of halogens is 3. The van der Waals surface area contributed by atoms with Crippen LogP contribution >= 0.6 is 0 Å². The molecule has 31 heavy (non-hydrogen) atoms. The minimum atomic E-state index is -4.76. The van der Waals surface area contributed by atoms with Gasteiger partial charge in [-0.05, 0) is 56.5 Å². The highest BCUT2D eigenvalue weighted by Crippen LogP contribution is 2.30.